The molecule has 1 aromatic rings. The minimum Gasteiger partial charge on any atom is -0.383 e. The van der Waals surface area contributed by atoms with Gasteiger partial charge in [-0.1, -0.05) is 0 Å². The number of hydrogen-bond donors (Lipinski definition) is 3. The van der Waals surface area contributed by atoms with Crippen LogP contribution in [-0.2, 0) is 9.53 Å². The highest BCUT2D eigenvalue weighted by atomic mass is 32.2. The Morgan fingerprint density at radius 1 is 1.36 bits per heavy atom. The summed E-state index contributed by atoms with van der Waals surface area (Å²) in [5.74, 6) is 0.614. The number of carbonyl (C=O) groups is 2. The smallest absolute Gasteiger partial charge is 0.251 e. The van der Waals surface area contributed by atoms with Gasteiger partial charge >= 0.3 is 0 Å². The first kappa shape index (κ1) is 16.8. The summed E-state index contributed by atoms with van der Waals surface area (Å²) in [5, 5.41) is 8.85. The van der Waals surface area contributed by atoms with Crippen LogP contribution in [0, 0.1) is 0 Å². The average molecular weight is 323 g/mol. The number of hydrogen-bond acceptors (Lipinski definition) is 5. The second-order valence-electron chi connectivity index (χ2n) is 4.86. The SMILES string of the molecule is COCCNCCNC(=O)c1ccc2c(c1)NC(=O)CCS2. The molecule has 1 heterocycles. The number of nitrogens with one attached hydrogen (secondary N) is 3. The molecule has 3 N–H and O–H groups in total. The number of ether oxygens (including phenoxy) is 1. The molecule has 0 fully saturated rings. The quantitative estimate of drug-likeness (QED) is 0.655. The summed E-state index contributed by atoms with van der Waals surface area (Å²) < 4.78 is 4.92. The standard InChI is InChI=1S/C15H21N3O3S/c1-21-8-7-16-5-6-17-15(20)11-2-3-13-12(10-11)18-14(19)4-9-22-13/h2-3,10,16H,4-9H2,1H3,(H,17,20)(H,18,19). The summed E-state index contributed by atoms with van der Waals surface area (Å²) in [4.78, 5) is 24.7. The monoisotopic (exact) mass is 323 g/mol. The molecule has 0 bridgehead atoms. The Morgan fingerprint density at radius 2 is 2.23 bits per heavy atom. The summed E-state index contributed by atoms with van der Waals surface area (Å²) in [6.07, 6.45) is 0.494. The predicted octanol–water partition coefficient (Wildman–Crippen LogP) is 1.09. The number of fused-ring (bicyclic) bond motifs is 1. The van der Waals surface area contributed by atoms with Crippen LogP contribution < -0.4 is 16.0 Å². The molecule has 0 saturated heterocycles. The molecule has 6 nitrogen and oxygen atoms in total. The van der Waals surface area contributed by atoms with E-state index in [9.17, 15) is 9.59 Å². The fourth-order valence-corrected chi connectivity index (χ4v) is 2.96. The highest BCUT2D eigenvalue weighted by molar-refractivity contribution is 7.99. The summed E-state index contributed by atoms with van der Waals surface area (Å²) in [5.41, 5.74) is 1.27. The van der Waals surface area contributed by atoms with Crippen LogP contribution >= 0.6 is 11.8 Å². The van der Waals surface area contributed by atoms with E-state index >= 15 is 0 Å². The molecular weight excluding hydrogens is 302 g/mol. The molecule has 2 rings (SSSR count). The van der Waals surface area contributed by atoms with Gasteiger partial charge in [0.05, 0.1) is 12.3 Å². The van der Waals surface area contributed by atoms with Crippen molar-refractivity contribution >= 4 is 29.3 Å². The first-order valence-electron chi connectivity index (χ1n) is 7.25. The number of benzene rings is 1. The lowest BCUT2D eigenvalue weighted by Crippen LogP contribution is -2.33. The van der Waals surface area contributed by atoms with Crippen molar-refractivity contribution in [1.82, 2.24) is 10.6 Å². The van der Waals surface area contributed by atoms with Gasteiger partial charge in [0.1, 0.15) is 0 Å². The molecule has 7 heteroatoms. The van der Waals surface area contributed by atoms with E-state index in [1.54, 1.807) is 31.0 Å². The molecule has 0 saturated carbocycles. The molecule has 2 amide bonds. The van der Waals surface area contributed by atoms with Gasteiger partial charge in [0.2, 0.25) is 5.91 Å². The van der Waals surface area contributed by atoms with Gasteiger partial charge in [0, 0.05) is 49.4 Å². The zero-order chi connectivity index (χ0) is 15.8. The Hall–Kier alpha value is -1.57. The molecule has 22 heavy (non-hydrogen) atoms. The Kier molecular flexibility index (Phi) is 6.70. The number of methoxy groups -OCH3 is 1. The van der Waals surface area contributed by atoms with Gasteiger partial charge in [-0.05, 0) is 18.2 Å². The van der Waals surface area contributed by atoms with Crippen LogP contribution in [-0.4, -0.2) is 50.9 Å². The Morgan fingerprint density at radius 3 is 3.05 bits per heavy atom. The lowest BCUT2D eigenvalue weighted by atomic mass is 10.2. The molecule has 1 aliphatic heterocycles. The van der Waals surface area contributed by atoms with Crippen molar-refractivity contribution in [3.8, 4) is 0 Å². The summed E-state index contributed by atoms with van der Waals surface area (Å²) in [6, 6.07) is 5.41. The topological polar surface area (TPSA) is 79.5 Å². The number of anilines is 1. The molecule has 0 aliphatic carbocycles. The fraction of sp³-hybridized carbons (Fsp3) is 0.467. The number of rotatable bonds is 7. The summed E-state index contributed by atoms with van der Waals surface area (Å²) in [6.45, 7) is 2.64. The minimum absolute atomic E-state index is 0.00819. The van der Waals surface area contributed by atoms with Crippen molar-refractivity contribution in [2.45, 2.75) is 11.3 Å². The zero-order valence-electron chi connectivity index (χ0n) is 12.6. The van der Waals surface area contributed by atoms with Crippen molar-refractivity contribution in [2.75, 3.05) is 44.4 Å². The third-order valence-electron chi connectivity index (χ3n) is 3.17. The van der Waals surface area contributed by atoms with Gasteiger partial charge in [0.15, 0.2) is 0 Å². The highest BCUT2D eigenvalue weighted by Crippen LogP contribution is 2.31. The van der Waals surface area contributed by atoms with Crippen LogP contribution in [0.3, 0.4) is 0 Å². The van der Waals surface area contributed by atoms with Crippen molar-refractivity contribution in [1.29, 1.82) is 0 Å². The van der Waals surface area contributed by atoms with Gasteiger partial charge in [-0.15, -0.1) is 11.8 Å². The summed E-state index contributed by atoms with van der Waals surface area (Å²) >= 11 is 1.63. The van der Waals surface area contributed by atoms with Crippen molar-refractivity contribution in [3.63, 3.8) is 0 Å². The number of carbonyl (C=O) groups excluding carboxylic acids is 2. The maximum Gasteiger partial charge on any atom is 0.251 e. The van der Waals surface area contributed by atoms with E-state index in [4.69, 9.17) is 4.74 Å². The van der Waals surface area contributed by atoms with E-state index in [2.05, 4.69) is 16.0 Å². The normalized spacial score (nSPS) is 14.0. The second kappa shape index (κ2) is 8.77. The lowest BCUT2D eigenvalue weighted by molar-refractivity contribution is -0.115. The Bertz CT molecular complexity index is 537. The highest BCUT2D eigenvalue weighted by Gasteiger charge is 2.15. The van der Waals surface area contributed by atoms with E-state index in [1.807, 2.05) is 6.07 Å². The third kappa shape index (κ3) is 5.01. The van der Waals surface area contributed by atoms with Crippen LogP contribution in [0.4, 0.5) is 5.69 Å². The molecule has 0 radical (unpaired) electrons. The molecule has 0 aromatic heterocycles. The zero-order valence-corrected chi connectivity index (χ0v) is 13.4. The van der Waals surface area contributed by atoms with Crippen LogP contribution in [0.1, 0.15) is 16.8 Å². The minimum atomic E-state index is -0.139. The van der Waals surface area contributed by atoms with E-state index in [-0.39, 0.29) is 11.8 Å². The van der Waals surface area contributed by atoms with Crippen LogP contribution in [0.25, 0.3) is 0 Å². The summed E-state index contributed by atoms with van der Waals surface area (Å²) in [7, 11) is 1.65. The molecule has 1 aliphatic rings. The molecule has 120 valence electrons. The van der Waals surface area contributed by atoms with Gasteiger partial charge in [-0.3, -0.25) is 9.59 Å². The van der Waals surface area contributed by atoms with Gasteiger partial charge in [-0.25, -0.2) is 0 Å². The maximum absolute atomic E-state index is 12.1. The molecule has 1 aromatic carbocycles. The van der Waals surface area contributed by atoms with Crippen LogP contribution in [0.15, 0.2) is 23.1 Å². The second-order valence-corrected chi connectivity index (χ2v) is 5.99. The van der Waals surface area contributed by atoms with Gasteiger partial charge in [-0.2, -0.15) is 0 Å². The van der Waals surface area contributed by atoms with E-state index < -0.39 is 0 Å². The van der Waals surface area contributed by atoms with E-state index in [0.29, 0.717) is 31.7 Å². The predicted molar refractivity (Wildman–Crippen MR) is 87.5 cm³/mol. The van der Waals surface area contributed by atoms with Crippen LogP contribution in [0.2, 0.25) is 0 Å². The van der Waals surface area contributed by atoms with Crippen LogP contribution in [0.5, 0.6) is 0 Å². The van der Waals surface area contributed by atoms with E-state index in [0.717, 1.165) is 22.9 Å². The van der Waals surface area contributed by atoms with Gasteiger partial charge < -0.3 is 20.7 Å². The third-order valence-corrected chi connectivity index (χ3v) is 4.25. The Labute approximate surface area is 134 Å². The lowest BCUT2D eigenvalue weighted by Gasteiger charge is -2.10. The van der Waals surface area contributed by atoms with Gasteiger partial charge in [0.25, 0.3) is 5.91 Å². The largest absolute Gasteiger partial charge is 0.383 e. The first-order valence-corrected chi connectivity index (χ1v) is 8.24. The number of amides is 2. The molecule has 0 unspecified atom stereocenters. The maximum atomic E-state index is 12.1. The molecular formula is C15H21N3O3S. The van der Waals surface area contributed by atoms with E-state index in [1.165, 1.54) is 0 Å². The fourth-order valence-electron chi connectivity index (χ4n) is 2.03. The average Bonchev–Trinajstić information content (AvgIpc) is 2.70. The Balaban J connectivity index is 1.86. The number of thioether (sulfide) groups is 1. The molecule has 0 atom stereocenters. The first-order chi connectivity index (χ1) is 10.7. The van der Waals surface area contributed by atoms with Crippen molar-refractivity contribution in [3.05, 3.63) is 23.8 Å². The van der Waals surface area contributed by atoms with Crippen molar-refractivity contribution in [2.24, 2.45) is 0 Å². The van der Waals surface area contributed by atoms with Crippen molar-refractivity contribution < 1.29 is 14.3 Å². The molecule has 0 spiro atoms.